The quantitative estimate of drug-likeness (QED) is 0.209. The molecule has 0 saturated carbocycles. The zero-order chi connectivity index (χ0) is 24.3. The first-order valence-corrected chi connectivity index (χ1v) is 12.2. The molecule has 3 aromatic rings. The molecule has 0 aliphatic carbocycles. The Balaban J connectivity index is 1.40. The third kappa shape index (κ3) is 4.87. The van der Waals surface area contributed by atoms with Crippen molar-refractivity contribution in [2.75, 3.05) is 24.2 Å². The number of anilines is 1. The van der Waals surface area contributed by atoms with E-state index in [2.05, 4.69) is 20.8 Å². The van der Waals surface area contributed by atoms with Crippen LogP contribution in [0.15, 0.2) is 46.8 Å². The summed E-state index contributed by atoms with van der Waals surface area (Å²) in [6.07, 6.45) is 0. The molecule has 0 radical (unpaired) electrons. The highest BCUT2D eigenvalue weighted by molar-refractivity contribution is 8.01. The minimum Gasteiger partial charge on any atom is -0.465 e. The lowest BCUT2D eigenvalue weighted by molar-refractivity contribution is -0.139. The molecule has 1 saturated heterocycles. The summed E-state index contributed by atoms with van der Waals surface area (Å²) in [6, 6.07) is 12.6. The fourth-order valence-electron chi connectivity index (χ4n) is 3.48. The minimum absolute atomic E-state index is 0.0756. The molecular formula is C22H21N5O5S2. The van der Waals surface area contributed by atoms with Crippen LogP contribution in [0.5, 0.6) is 0 Å². The number of fused-ring (bicyclic) bond motifs is 1. The molecule has 1 aromatic heterocycles. The summed E-state index contributed by atoms with van der Waals surface area (Å²) in [4.78, 5) is 50.6. The van der Waals surface area contributed by atoms with Gasteiger partial charge in [-0.1, -0.05) is 59.5 Å². The number of amides is 4. The molecule has 2 heterocycles. The van der Waals surface area contributed by atoms with Crippen molar-refractivity contribution in [2.45, 2.75) is 23.7 Å². The second kappa shape index (κ2) is 9.77. The Bertz CT molecular complexity index is 1280. The molecule has 4 rings (SSSR count). The van der Waals surface area contributed by atoms with E-state index in [1.54, 1.807) is 19.9 Å². The number of carbonyl (C=O) groups excluding carboxylic acids is 4. The molecule has 176 valence electrons. The summed E-state index contributed by atoms with van der Waals surface area (Å²) in [5.74, 6) is -1.41. The summed E-state index contributed by atoms with van der Waals surface area (Å²) >= 11 is 2.21. The topological polar surface area (TPSA) is 131 Å². The first-order chi connectivity index (χ1) is 16.3. The van der Waals surface area contributed by atoms with Gasteiger partial charge in [0, 0.05) is 0 Å². The molecule has 1 atom stereocenters. The van der Waals surface area contributed by atoms with Gasteiger partial charge >= 0.3 is 12.0 Å². The van der Waals surface area contributed by atoms with Gasteiger partial charge in [-0.05, 0) is 36.2 Å². The second-order valence-electron chi connectivity index (χ2n) is 7.52. The van der Waals surface area contributed by atoms with Gasteiger partial charge in [-0.25, -0.2) is 4.79 Å². The van der Waals surface area contributed by atoms with Crippen LogP contribution in [0.25, 0.3) is 10.8 Å². The van der Waals surface area contributed by atoms with Crippen LogP contribution in [0.2, 0.25) is 0 Å². The molecule has 4 amide bonds. The van der Waals surface area contributed by atoms with Crippen molar-refractivity contribution < 1.29 is 23.9 Å². The minimum atomic E-state index is -1.29. The Morgan fingerprint density at radius 1 is 1.18 bits per heavy atom. The van der Waals surface area contributed by atoms with Crippen LogP contribution in [-0.4, -0.2) is 57.8 Å². The number of hydrogen-bond acceptors (Lipinski definition) is 9. The van der Waals surface area contributed by atoms with E-state index >= 15 is 0 Å². The maximum absolute atomic E-state index is 13.2. The lowest BCUT2D eigenvalue weighted by Gasteiger charge is -2.22. The molecule has 2 aromatic carbocycles. The first-order valence-electron chi connectivity index (χ1n) is 10.4. The Hall–Kier alpha value is -3.51. The highest BCUT2D eigenvalue weighted by Gasteiger charge is 2.49. The SMILES string of the molecule is CCOC(=O)CSc1nnc(NC(=O)CN2C(=O)N[C@](C)(c3ccc4ccccc4c3)C2=O)s1. The van der Waals surface area contributed by atoms with E-state index in [9.17, 15) is 19.2 Å². The number of imide groups is 1. The molecule has 1 fully saturated rings. The number of rotatable bonds is 8. The number of hydrogen-bond donors (Lipinski definition) is 2. The molecule has 2 N–H and O–H groups in total. The number of urea groups is 1. The van der Waals surface area contributed by atoms with Crippen LogP contribution in [0, 0.1) is 0 Å². The monoisotopic (exact) mass is 499 g/mol. The van der Waals surface area contributed by atoms with Gasteiger partial charge < -0.3 is 10.1 Å². The van der Waals surface area contributed by atoms with Crippen molar-refractivity contribution in [1.29, 1.82) is 0 Å². The predicted molar refractivity (Wildman–Crippen MR) is 127 cm³/mol. The summed E-state index contributed by atoms with van der Waals surface area (Å²) in [5, 5.41) is 15.1. The van der Waals surface area contributed by atoms with Crippen molar-refractivity contribution in [3.05, 3.63) is 48.0 Å². The van der Waals surface area contributed by atoms with Crippen molar-refractivity contribution in [1.82, 2.24) is 20.4 Å². The molecule has 1 aliphatic rings. The van der Waals surface area contributed by atoms with Crippen molar-refractivity contribution >= 4 is 62.8 Å². The van der Waals surface area contributed by atoms with Gasteiger partial charge in [-0.15, -0.1) is 10.2 Å². The molecular weight excluding hydrogens is 478 g/mol. The van der Waals surface area contributed by atoms with Gasteiger partial charge in [-0.3, -0.25) is 24.6 Å². The third-order valence-corrected chi connectivity index (χ3v) is 7.12. The van der Waals surface area contributed by atoms with Gasteiger partial charge in [0.2, 0.25) is 11.0 Å². The lowest BCUT2D eigenvalue weighted by atomic mass is 9.90. The second-order valence-corrected chi connectivity index (χ2v) is 9.72. The summed E-state index contributed by atoms with van der Waals surface area (Å²) < 4.78 is 5.33. The van der Waals surface area contributed by atoms with Crippen molar-refractivity contribution in [2.24, 2.45) is 0 Å². The van der Waals surface area contributed by atoms with Gasteiger partial charge in [-0.2, -0.15) is 0 Å². The molecule has 0 bridgehead atoms. The van der Waals surface area contributed by atoms with Gasteiger partial charge in [0.1, 0.15) is 12.1 Å². The van der Waals surface area contributed by atoms with Gasteiger partial charge in [0.25, 0.3) is 5.91 Å². The molecule has 12 heteroatoms. The Labute approximate surface area is 203 Å². The Morgan fingerprint density at radius 3 is 2.71 bits per heavy atom. The average molecular weight is 500 g/mol. The molecule has 34 heavy (non-hydrogen) atoms. The number of ether oxygens (including phenoxy) is 1. The fourth-order valence-corrected chi connectivity index (χ4v) is 5.05. The zero-order valence-electron chi connectivity index (χ0n) is 18.4. The van der Waals surface area contributed by atoms with Crippen LogP contribution in [-0.2, 0) is 24.7 Å². The van der Waals surface area contributed by atoms with Crippen molar-refractivity contribution in [3.63, 3.8) is 0 Å². The molecule has 10 nitrogen and oxygen atoms in total. The number of esters is 1. The van der Waals surface area contributed by atoms with Gasteiger partial charge in [0.15, 0.2) is 4.34 Å². The predicted octanol–water partition coefficient (Wildman–Crippen LogP) is 2.75. The Morgan fingerprint density at radius 2 is 1.94 bits per heavy atom. The highest BCUT2D eigenvalue weighted by atomic mass is 32.2. The largest absolute Gasteiger partial charge is 0.465 e. The summed E-state index contributed by atoms with van der Waals surface area (Å²) in [7, 11) is 0. The molecule has 0 unspecified atom stereocenters. The number of nitrogens with zero attached hydrogens (tertiary/aromatic N) is 3. The van der Waals surface area contributed by atoms with E-state index in [0.29, 0.717) is 16.5 Å². The number of carbonyl (C=O) groups is 4. The van der Waals surface area contributed by atoms with E-state index in [1.807, 2.05) is 36.4 Å². The summed E-state index contributed by atoms with van der Waals surface area (Å²) in [5.41, 5.74) is -0.666. The maximum Gasteiger partial charge on any atom is 0.325 e. The number of thioether (sulfide) groups is 1. The summed E-state index contributed by atoms with van der Waals surface area (Å²) in [6.45, 7) is 3.15. The number of benzene rings is 2. The van der Waals surface area contributed by atoms with Crippen LogP contribution in [0.4, 0.5) is 9.93 Å². The van der Waals surface area contributed by atoms with E-state index in [4.69, 9.17) is 4.74 Å². The van der Waals surface area contributed by atoms with Crippen LogP contribution >= 0.6 is 23.1 Å². The van der Waals surface area contributed by atoms with Gasteiger partial charge in [0.05, 0.1) is 12.4 Å². The number of nitrogens with one attached hydrogen (secondary N) is 2. The van der Waals surface area contributed by atoms with Crippen LogP contribution in [0.3, 0.4) is 0 Å². The van der Waals surface area contributed by atoms with E-state index < -0.39 is 29.9 Å². The molecule has 1 aliphatic heterocycles. The standard InChI is InChI=1S/C22H21N5O5S2/c1-3-32-17(29)12-33-21-26-25-19(34-21)23-16(28)11-27-18(30)22(2,24-20(27)31)15-9-8-13-6-4-5-7-14(13)10-15/h4-10H,3,11-12H2,1-2H3,(H,24,31)(H,23,25,28)/t22-/m1/s1. The maximum atomic E-state index is 13.2. The zero-order valence-corrected chi connectivity index (χ0v) is 20.0. The fraction of sp³-hybridized carbons (Fsp3) is 0.273. The lowest BCUT2D eigenvalue weighted by Crippen LogP contribution is -2.42. The van der Waals surface area contributed by atoms with E-state index in [1.165, 1.54) is 0 Å². The number of aromatic nitrogens is 2. The van der Waals surface area contributed by atoms with Crippen LogP contribution in [0.1, 0.15) is 19.4 Å². The molecule has 0 spiro atoms. The first kappa shape index (κ1) is 23.6. The Kier molecular flexibility index (Phi) is 6.80. The van der Waals surface area contributed by atoms with Crippen LogP contribution < -0.4 is 10.6 Å². The smallest absolute Gasteiger partial charge is 0.325 e. The van der Waals surface area contributed by atoms with Crippen molar-refractivity contribution in [3.8, 4) is 0 Å². The third-order valence-electron chi connectivity index (χ3n) is 5.18. The van der Waals surface area contributed by atoms with E-state index in [0.717, 1.165) is 38.8 Å². The normalized spacial score (nSPS) is 17.6. The van der Waals surface area contributed by atoms with E-state index in [-0.39, 0.29) is 16.9 Å². The highest BCUT2D eigenvalue weighted by Crippen LogP contribution is 2.31. The average Bonchev–Trinajstić information content (AvgIpc) is 3.35.